The second-order valence-electron chi connectivity index (χ2n) is 3.26. The minimum atomic E-state index is -1.21. The van der Waals surface area contributed by atoms with Crippen molar-refractivity contribution in [1.82, 2.24) is 0 Å². The average molecular weight is 224 g/mol. The molecule has 16 heavy (non-hydrogen) atoms. The fourth-order valence-corrected chi connectivity index (χ4v) is 1.16. The number of carboxylic acid groups (broad SMARTS) is 2. The van der Waals surface area contributed by atoms with E-state index in [2.05, 4.69) is 5.32 Å². The first kappa shape index (κ1) is 11.8. The van der Waals surface area contributed by atoms with E-state index >= 15 is 0 Å². The van der Waals surface area contributed by atoms with Crippen LogP contribution in [0.5, 0.6) is 0 Å². The van der Waals surface area contributed by atoms with Gasteiger partial charge >= 0.3 is 11.9 Å². The maximum atomic E-state index is 10.8. The van der Waals surface area contributed by atoms with Crippen LogP contribution in [-0.4, -0.2) is 28.2 Å². The van der Waals surface area contributed by atoms with Gasteiger partial charge in [0.1, 0.15) is 6.04 Å². The third kappa shape index (κ3) is 3.49. The molecule has 0 saturated carbocycles. The lowest BCUT2D eigenvalue weighted by atomic mass is 10.2. The average Bonchev–Trinajstić information content (AvgIpc) is 2.19. The third-order valence-electron chi connectivity index (χ3n) is 1.93. The SMILES string of the molecule is Nc1ccc(NC(CC(=O)O)C(=O)O)cc1. The first-order chi connectivity index (χ1) is 7.49. The van der Waals surface area contributed by atoms with Crippen molar-refractivity contribution in [1.29, 1.82) is 0 Å². The molecule has 1 aromatic carbocycles. The van der Waals surface area contributed by atoms with Gasteiger partial charge in [0.15, 0.2) is 0 Å². The van der Waals surface area contributed by atoms with Crippen molar-refractivity contribution in [3.8, 4) is 0 Å². The Morgan fingerprint density at radius 1 is 1.25 bits per heavy atom. The number of aliphatic carboxylic acids is 2. The summed E-state index contributed by atoms with van der Waals surface area (Å²) in [5.74, 6) is -2.38. The topological polar surface area (TPSA) is 113 Å². The molecule has 1 unspecified atom stereocenters. The molecule has 1 aromatic rings. The predicted octanol–water partition coefficient (Wildman–Crippen LogP) is 0.609. The lowest BCUT2D eigenvalue weighted by molar-refractivity contribution is -0.144. The Morgan fingerprint density at radius 3 is 2.25 bits per heavy atom. The first-order valence-corrected chi connectivity index (χ1v) is 4.55. The van der Waals surface area contributed by atoms with Crippen molar-refractivity contribution in [3.05, 3.63) is 24.3 Å². The fraction of sp³-hybridized carbons (Fsp3) is 0.200. The van der Waals surface area contributed by atoms with Crippen LogP contribution in [0, 0.1) is 0 Å². The van der Waals surface area contributed by atoms with Crippen LogP contribution >= 0.6 is 0 Å². The zero-order valence-corrected chi connectivity index (χ0v) is 8.38. The molecule has 1 atom stereocenters. The molecule has 0 fully saturated rings. The number of nitrogens with one attached hydrogen (secondary N) is 1. The minimum Gasteiger partial charge on any atom is -0.481 e. The van der Waals surface area contributed by atoms with Gasteiger partial charge in [-0.05, 0) is 24.3 Å². The number of hydrogen-bond acceptors (Lipinski definition) is 4. The Bertz CT molecular complexity index is 388. The van der Waals surface area contributed by atoms with Crippen LogP contribution in [0.25, 0.3) is 0 Å². The van der Waals surface area contributed by atoms with Gasteiger partial charge in [0.05, 0.1) is 6.42 Å². The largest absolute Gasteiger partial charge is 0.481 e. The lowest BCUT2D eigenvalue weighted by Crippen LogP contribution is -2.31. The summed E-state index contributed by atoms with van der Waals surface area (Å²) in [6.45, 7) is 0. The molecular formula is C10H12N2O4. The van der Waals surface area contributed by atoms with Crippen molar-refractivity contribution in [2.45, 2.75) is 12.5 Å². The van der Waals surface area contributed by atoms with Crippen molar-refractivity contribution >= 4 is 23.3 Å². The Balaban J connectivity index is 2.71. The number of rotatable bonds is 5. The quantitative estimate of drug-likeness (QED) is 0.545. The molecule has 5 N–H and O–H groups in total. The van der Waals surface area contributed by atoms with Crippen LogP contribution in [0.15, 0.2) is 24.3 Å². The smallest absolute Gasteiger partial charge is 0.326 e. The number of benzene rings is 1. The molecule has 0 aliphatic rings. The predicted molar refractivity (Wildman–Crippen MR) is 58.2 cm³/mol. The van der Waals surface area contributed by atoms with E-state index in [1.807, 2.05) is 0 Å². The Kier molecular flexibility index (Phi) is 3.71. The molecule has 0 spiro atoms. The van der Waals surface area contributed by atoms with Gasteiger partial charge in [0.2, 0.25) is 0 Å². The Morgan fingerprint density at radius 2 is 1.81 bits per heavy atom. The van der Waals surface area contributed by atoms with Crippen LogP contribution < -0.4 is 11.1 Å². The van der Waals surface area contributed by atoms with Crippen LogP contribution in [0.4, 0.5) is 11.4 Å². The molecule has 0 aliphatic heterocycles. The molecule has 0 heterocycles. The van der Waals surface area contributed by atoms with Crippen molar-refractivity contribution in [3.63, 3.8) is 0 Å². The molecule has 1 rings (SSSR count). The van der Waals surface area contributed by atoms with Gasteiger partial charge in [-0.25, -0.2) is 4.79 Å². The summed E-state index contributed by atoms with van der Waals surface area (Å²) in [6.07, 6.45) is -0.486. The van der Waals surface area contributed by atoms with E-state index < -0.39 is 24.4 Å². The maximum absolute atomic E-state index is 10.8. The van der Waals surface area contributed by atoms with Crippen molar-refractivity contribution in [2.24, 2.45) is 0 Å². The minimum absolute atomic E-state index is 0.486. The van der Waals surface area contributed by atoms with Gasteiger partial charge in [-0.2, -0.15) is 0 Å². The molecule has 6 heteroatoms. The monoisotopic (exact) mass is 224 g/mol. The number of nitrogen functional groups attached to an aromatic ring is 1. The Labute approximate surface area is 91.7 Å². The van der Waals surface area contributed by atoms with E-state index in [0.29, 0.717) is 11.4 Å². The van der Waals surface area contributed by atoms with E-state index in [4.69, 9.17) is 15.9 Å². The molecule has 0 aromatic heterocycles. The second-order valence-corrected chi connectivity index (χ2v) is 3.26. The van der Waals surface area contributed by atoms with E-state index in [-0.39, 0.29) is 0 Å². The van der Waals surface area contributed by atoms with Crippen LogP contribution in [0.1, 0.15) is 6.42 Å². The van der Waals surface area contributed by atoms with Gasteiger partial charge in [-0.15, -0.1) is 0 Å². The molecule has 0 bridgehead atoms. The summed E-state index contributed by atoms with van der Waals surface area (Å²) in [6, 6.07) is 5.23. The summed E-state index contributed by atoms with van der Waals surface area (Å²) >= 11 is 0. The molecule has 0 aliphatic carbocycles. The summed E-state index contributed by atoms with van der Waals surface area (Å²) in [5.41, 5.74) is 6.53. The summed E-state index contributed by atoms with van der Waals surface area (Å²) in [7, 11) is 0. The molecule has 0 saturated heterocycles. The molecule has 86 valence electrons. The van der Waals surface area contributed by atoms with E-state index in [9.17, 15) is 9.59 Å². The van der Waals surface area contributed by atoms with Gasteiger partial charge in [-0.3, -0.25) is 4.79 Å². The highest BCUT2D eigenvalue weighted by molar-refractivity contribution is 5.83. The summed E-state index contributed by atoms with van der Waals surface area (Å²) in [4.78, 5) is 21.2. The highest BCUT2D eigenvalue weighted by Gasteiger charge is 2.20. The summed E-state index contributed by atoms with van der Waals surface area (Å²) < 4.78 is 0. The fourth-order valence-electron chi connectivity index (χ4n) is 1.16. The van der Waals surface area contributed by atoms with E-state index in [1.54, 1.807) is 24.3 Å². The van der Waals surface area contributed by atoms with Gasteiger partial charge in [-0.1, -0.05) is 0 Å². The molecule has 0 radical (unpaired) electrons. The summed E-state index contributed by atoms with van der Waals surface area (Å²) in [5, 5.41) is 19.9. The third-order valence-corrected chi connectivity index (χ3v) is 1.93. The van der Waals surface area contributed by atoms with E-state index in [1.165, 1.54) is 0 Å². The molecule has 6 nitrogen and oxygen atoms in total. The van der Waals surface area contributed by atoms with Crippen LogP contribution in [0.3, 0.4) is 0 Å². The number of carboxylic acids is 2. The normalized spacial score (nSPS) is 11.8. The van der Waals surface area contributed by atoms with Crippen LogP contribution in [-0.2, 0) is 9.59 Å². The second kappa shape index (κ2) is 5.01. The molecule has 0 amide bonds. The zero-order chi connectivity index (χ0) is 12.1. The van der Waals surface area contributed by atoms with Crippen LogP contribution in [0.2, 0.25) is 0 Å². The highest BCUT2D eigenvalue weighted by Crippen LogP contribution is 2.12. The van der Waals surface area contributed by atoms with E-state index in [0.717, 1.165) is 0 Å². The van der Waals surface area contributed by atoms with Gasteiger partial charge in [0.25, 0.3) is 0 Å². The number of nitrogens with two attached hydrogens (primary N) is 1. The zero-order valence-electron chi connectivity index (χ0n) is 8.38. The van der Waals surface area contributed by atoms with Gasteiger partial charge < -0.3 is 21.3 Å². The maximum Gasteiger partial charge on any atom is 0.326 e. The van der Waals surface area contributed by atoms with Gasteiger partial charge in [0, 0.05) is 11.4 Å². The number of carbonyl (C=O) groups is 2. The Hall–Kier alpha value is -2.24. The van der Waals surface area contributed by atoms with Crippen molar-refractivity contribution in [2.75, 3.05) is 11.1 Å². The number of anilines is 2. The number of hydrogen-bond donors (Lipinski definition) is 4. The van der Waals surface area contributed by atoms with Crippen molar-refractivity contribution < 1.29 is 19.8 Å². The highest BCUT2D eigenvalue weighted by atomic mass is 16.4. The first-order valence-electron chi connectivity index (χ1n) is 4.55. The standard InChI is InChI=1S/C10H12N2O4/c11-6-1-3-7(4-2-6)12-8(10(15)16)5-9(13)14/h1-4,8,12H,5,11H2,(H,13,14)(H,15,16). The lowest BCUT2D eigenvalue weighted by Gasteiger charge is -2.13. The molecular weight excluding hydrogens is 212 g/mol.